The maximum atomic E-state index is 12.4. The van der Waals surface area contributed by atoms with E-state index in [1.165, 1.54) is 5.56 Å². The number of nitrogens with zero attached hydrogens (tertiary/aromatic N) is 2. The molecule has 1 heterocycles. The van der Waals surface area contributed by atoms with Crippen LogP contribution >= 0.6 is 39.3 Å². The van der Waals surface area contributed by atoms with Gasteiger partial charge in [0.05, 0.1) is 6.54 Å². The second kappa shape index (κ2) is 8.74. The Morgan fingerprint density at radius 3 is 2.64 bits per heavy atom. The zero-order chi connectivity index (χ0) is 17.6. The Kier molecular flexibility index (Phi) is 6.39. The van der Waals surface area contributed by atoms with Crippen molar-refractivity contribution in [3.05, 3.63) is 63.6 Å². The summed E-state index contributed by atoms with van der Waals surface area (Å²) < 4.78 is 6.59. The van der Waals surface area contributed by atoms with E-state index in [1.54, 1.807) is 40.9 Å². The van der Waals surface area contributed by atoms with Crippen LogP contribution in [0.5, 0.6) is 5.75 Å². The van der Waals surface area contributed by atoms with E-state index in [1.807, 2.05) is 12.1 Å². The lowest BCUT2D eigenvalue weighted by molar-refractivity contribution is -0.128. The molecular formula is C18H16BrClN2O2S. The fraction of sp³-hybridized carbons (Fsp3) is 0.222. The van der Waals surface area contributed by atoms with E-state index in [4.69, 9.17) is 16.3 Å². The zero-order valence-corrected chi connectivity index (χ0v) is 16.5. The number of amides is 1. The van der Waals surface area contributed by atoms with Crippen molar-refractivity contribution in [1.82, 2.24) is 4.90 Å². The summed E-state index contributed by atoms with van der Waals surface area (Å²) in [4.78, 5) is 18.6. The largest absolute Gasteiger partial charge is 0.484 e. The summed E-state index contributed by atoms with van der Waals surface area (Å²) in [6.45, 7) is 1.22. The van der Waals surface area contributed by atoms with Crippen molar-refractivity contribution in [3.63, 3.8) is 0 Å². The van der Waals surface area contributed by atoms with Crippen LogP contribution in [-0.2, 0) is 10.5 Å². The summed E-state index contributed by atoms with van der Waals surface area (Å²) in [5.74, 6) is 1.31. The van der Waals surface area contributed by atoms with Gasteiger partial charge in [-0.15, -0.1) is 0 Å². The van der Waals surface area contributed by atoms with Crippen LogP contribution in [0.25, 0.3) is 0 Å². The lowest BCUT2D eigenvalue weighted by atomic mass is 10.2. The lowest BCUT2D eigenvalue weighted by Gasteiger charge is -2.18. The molecule has 0 atom stereocenters. The quantitative estimate of drug-likeness (QED) is 0.683. The van der Waals surface area contributed by atoms with Crippen LogP contribution in [0.15, 0.2) is 58.0 Å². The molecule has 7 heteroatoms. The van der Waals surface area contributed by atoms with Gasteiger partial charge in [0.2, 0.25) is 0 Å². The van der Waals surface area contributed by atoms with Crippen molar-refractivity contribution < 1.29 is 9.53 Å². The van der Waals surface area contributed by atoms with Crippen LogP contribution in [0, 0.1) is 0 Å². The molecule has 0 saturated carbocycles. The van der Waals surface area contributed by atoms with Gasteiger partial charge in [0.25, 0.3) is 5.91 Å². The van der Waals surface area contributed by atoms with E-state index in [2.05, 4.69) is 33.1 Å². The number of carbonyl (C=O) groups excluding carboxylic acids is 1. The molecule has 2 aromatic rings. The number of rotatable bonds is 5. The molecular weight excluding hydrogens is 424 g/mol. The first-order chi connectivity index (χ1) is 12.1. The third-order valence-corrected chi connectivity index (χ3v) is 5.43. The molecule has 0 aromatic heterocycles. The van der Waals surface area contributed by atoms with Crippen LogP contribution in [0.2, 0.25) is 5.02 Å². The van der Waals surface area contributed by atoms with Gasteiger partial charge in [-0.3, -0.25) is 14.7 Å². The molecule has 0 radical (unpaired) electrons. The van der Waals surface area contributed by atoms with Crippen LogP contribution in [-0.4, -0.2) is 35.7 Å². The van der Waals surface area contributed by atoms with E-state index in [0.29, 0.717) is 23.9 Å². The number of hydrogen-bond donors (Lipinski definition) is 0. The van der Waals surface area contributed by atoms with E-state index < -0.39 is 0 Å². The summed E-state index contributed by atoms with van der Waals surface area (Å²) in [7, 11) is 0. The Labute approximate surface area is 164 Å². The lowest BCUT2D eigenvalue weighted by Crippen LogP contribution is -2.36. The van der Waals surface area contributed by atoms with Gasteiger partial charge in [-0.25, -0.2) is 0 Å². The molecule has 0 N–H and O–H groups in total. The van der Waals surface area contributed by atoms with Crippen molar-refractivity contribution in [2.45, 2.75) is 5.75 Å². The van der Waals surface area contributed by atoms with E-state index in [9.17, 15) is 4.79 Å². The molecule has 2 aromatic carbocycles. The van der Waals surface area contributed by atoms with Gasteiger partial charge in [0, 0.05) is 21.8 Å². The first-order valence-corrected chi connectivity index (χ1v) is 9.88. The number of benzene rings is 2. The van der Waals surface area contributed by atoms with E-state index in [-0.39, 0.29) is 12.5 Å². The number of carbonyl (C=O) groups is 1. The molecule has 1 amide bonds. The third-order valence-electron chi connectivity index (χ3n) is 3.56. The predicted molar refractivity (Wildman–Crippen MR) is 106 cm³/mol. The summed E-state index contributed by atoms with van der Waals surface area (Å²) in [5, 5.41) is 1.39. The van der Waals surface area contributed by atoms with Gasteiger partial charge in [-0.05, 0) is 42.0 Å². The van der Waals surface area contributed by atoms with Gasteiger partial charge >= 0.3 is 0 Å². The van der Waals surface area contributed by atoms with Gasteiger partial charge < -0.3 is 4.74 Å². The summed E-state index contributed by atoms with van der Waals surface area (Å²) in [6.07, 6.45) is 0. The normalized spacial score (nSPS) is 13.7. The van der Waals surface area contributed by atoms with Gasteiger partial charge in [0.15, 0.2) is 11.8 Å². The Hall–Kier alpha value is -1.50. The minimum Gasteiger partial charge on any atom is -0.484 e. The molecule has 1 aliphatic rings. The molecule has 0 unspecified atom stereocenters. The van der Waals surface area contributed by atoms with Crippen molar-refractivity contribution in [2.75, 3.05) is 19.7 Å². The highest BCUT2D eigenvalue weighted by Crippen LogP contribution is 2.21. The highest BCUT2D eigenvalue weighted by atomic mass is 79.9. The Morgan fingerprint density at radius 1 is 1.20 bits per heavy atom. The van der Waals surface area contributed by atoms with Gasteiger partial charge in [-0.1, -0.05) is 51.4 Å². The minimum atomic E-state index is -0.0884. The second-order valence-electron chi connectivity index (χ2n) is 5.37. The van der Waals surface area contributed by atoms with Gasteiger partial charge in [0.1, 0.15) is 5.75 Å². The smallest absolute Gasteiger partial charge is 0.266 e. The first kappa shape index (κ1) is 18.3. The van der Waals surface area contributed by atoms with Gasteiger partial charge in [-0.2, -0.15) is 0 Å². The van der Waals surface area contributed by atoms with Crippen LogP contribution in [0.3, 0.4) is 0 Å². The average molecular weight is 440 g/mol. The summed E-state index contributed by atoms with van der Waals surface area (Å²) in [6, 6.07) is 15.1. The Balaban J connectivity index is 1.52. The number of amidine groups is 1. The fourth-order valence-electron chi connectivity index (χ4n) is 2.26. The highest BCUT2D eigenvalue weighted by Gasteiger charge is 2.24. The number of hydrogen-bond acceptors (Lipinski definition) is 4. The number of aliphatic imine (C=N–C) groups is 1. The summed E-state index contributed by atoms with van der Waals surface area (Å²) in [5.41, 5.74) is 1.19. The third kappa shape index (κ3) is 5.23. The van der Waals surface area contributed by atoms with Crippen LogP contribution < -0.4 is 4.74 Å². The van der Waals surface area contributed by atoms with Crippen molar-refractivity contribution in [2.24, 2.45) is 4.99 Å². The topological polar surface area (TPSA) is 41.9 Å². The molecule has 0 bridgehead atoms. The molecule has 0 aliphatic carbocycles. The predicted octanol–water partition coefficient (Wildman–Crippen LogP) is 4.61. The number of halogens is 2. The number of ether oxygens (including phenoxy) is 1. The fourth-order valence-corrected chi connectivity index (χ4v) is 3.67. The van der Waals surface area contributed by atoms with E-state index >= 15 is 0 Å². The van der Waals surface area contributed by atoms with Crippen LogP contribution in [0.1, 0.15) is 5.56 Å². The molecule has 25 heavy (non-hydrogen) atoms. The summed E-state index contributed by atoms with van der Waals surface area (Å²) >= 11 is 10.8. The molecule has 0 fully saturated rings. The molecule has 1 aliphatic heterocycles. The van der Waals surface area contributed by atoms with E-state index in [0.717, 1.165) is 15.4 Å². The Morgan fingerprint density at radius 2 is 1.92 bits per heavy atom. The average Bonchev–Trinajstić information content (AvgIpc) is 3.09. The standard InChI is InChI=1S/C18H16BrClN2O2S/c19-14-3-1-13(2-4-14)12-25-18-21-9-10-22(18)17(23)11-24-16-7-5-15(20)6-8-16/h1-8H,9-12H2. The molecule has 4 nitrogen and oxygen atoms in total. The monoisotopic (exact) mass is 438 g/mol. The van der Waals surface area contributed by atoms with Crippen molar-refractivity contribution in [1.29, 1.82) is 0 Å². The van der Waals surface area contributed by atoms with Crippen molar-refractivity contribution >= 4 is 50.4 Å². The first-order valence-electron chi connectivity index (χ1n) is 7.72. The Bertz CT molecular complexity index is 766. The molecule has 0 saturated heterocycles. The van der Waals surface area contributed by atoms with Crippen molar-refractivity contribution in [3.8, 4) is 5.75 Å². The highest BCUT2D eigenvalue weighted by molar-refractivity contribution is 9.10. The molecule has 3 rings (SSSR count). The molecule has 130 valence electrons. The maximum Gasteiger partial charge on any atom is 0.266 e. The molecule has 0 spiro atoms. The number of thioether (sulfide) groups is 1. The minimum absolute atomic E-state index is 0.0144. The zero-order valence-electron chi connectivity index (χ0n) is 13.3. The maximum absolute atomic E-state index is 12.4. The van der Waals surface area contributed by atoms with Crippen LogP contribution in [0.4, 0.5) is 0 Å². The second-order valence-corrected chi connectivity index (χ2v) is 7.66. The SMILES string of the molecule is O=C(COc1ccc(Cl)cc1)N1CCN=C1SCc1ccc(Br)cc1.